The Hall–Kier alpha value is -0.0500. The van der Waals surface area contributed by atoms with Crippen LogP contribution in [-0.4, -0.2) is 0 Å². The average molecular weight is 438 g/mol. The molecule has 0 radical (unpaired) electrons. The molecular formula is C23H35I. The maximum absolute atomic E-state index is 2.42. The fraction of sp³-hybridized carbons (Fsp3) is 0.739. The van der Waals surface area contributed by atoms with Gasteiger partial charge in [0.15, 0.2) is 0 Å². The molecule has 0 N–H and O–H groups in total. The number of rotatable bonds is 6. The van der Waals surface area contributed by atoms with Crippen LogP contribution < -0.4 is 0 Å². The van der Waals surface area contributed by atoms with Crippen LogP contribution in [-0.2, 0) is 0 Å². The van der Waals surface area contributed by atoms with E-state index in [9.17, 15) is 0 Å². The summed E-state index contributed by atoms with van der Waals surface area (Å²) in [4.78, 5) is 0. The van der Waals surface area contributed by atoms with Crippen LogP contribution in [0.25, 0.3) is 0 Å². The SMILES string of the molecule is CCCCCC1(C2CCC(c3ccc(I)cc3)CC2)CCCCC1. The molecule has 1 aromatic rings. The van der Waals surface area contributed by atoms with E-state index < -0.39 is 0 Å². The Balaban J connectivity index is 1.61. The van der Waals surface area contributed by atoms with Crippen LogP contribution in [0.3, 0.4) is 0 Å². The highest BCUT2D eigenvalue weighted by molar-refractivity contribution is 14.1. The molecule has 0 nitrogen and oxygen atoms in total. The van der Waals surface area contributed by atoms with Crippen molar-refractivity contribution in [2.45, 2.75) is 96.3 Å². The normalized spacial score (nSPS) is 27.1. The molecule has 24 heavy (non-hydrogen) atoms. The highest BCUT2D eigenvalue weighted by Crippen LogP contribution is 2.53. The van der Waals surface area contributed by atoms with Gasteiger partial charge in [0.2, 0.25) is 0 Å². The van der Waals surface area contributed by atoms with Crippen LogP contribution in [0.15, 0.2) is 24.3 Å². The molecule has 2 saturated carbocycles. The number of hydrogen-bond acceptors (Lipinski definition) is 0. The Bertz CT molecular complexity index is 475. The maximum atomic E-state index is 2.42. The molecule has 0 atom stereocenters. The van der Waals surface area contributed by atoms with Crippen molar-refractivity contribution in [2.24, 2.45) is 11.3 Å². The zero-order valence-electron chi connectivity index (χ0n) is 15.5. The lowest BCUT2D eigenvalue weighted by Crippen LogP contribution is -2.35. The van der Waals surface area contributed by atoms with E-state index in [1.807, 2.05) is 0 Å². The zero-order chi connectivity index (χ0) is 16.8. The summed E-state index contributed by atoms with van der Waals surface area (Å²) in [7, 11) is 0. The minimum absolute atomic E-state index is 0.727. The topological polar surface area (TPSA) is 0 Å². The molecule has 2 aliphatic carbocycles. The fourth-order valence-electron chi connectivity index (χ4n) is 5.62. The standard InChI is InChI=1S/C23H35I/c1-2-3-5-16-23(17-6-4-7-18-23)21-12-8-19(9-13-21)20-10-14-22(24)15-11-20/h10-11,14-15,19,21H,2-9,12-13,16-18H2,1H3. The van der Waals surface area contributed by atoms with Crippen LogP contribution in [0.5, 0.6) is 0 Å². The van der Waals surface area contributed by atoms with Crippen molar-refractivity contribution in [2.75, 3.05) is 0 Å². The van der Waals surface area contributed by atoms with Crippen molar-refractivity contribution in [3.63, 3.8) is 0 Å². The third-order valence-corrected chi connectivity index (χ3v) is 7.78. The molecule has 2 fully saturated rings. The van der Waals surface area contributed by atoms with Crippen molar-refractivity contribution >= 4 is 22.6 Å². The first kappa shape index (κ1) is 18.7. The Kier molecular flexibility index (Phi) is 7.07. The second-order valence-corrected chi connectivity index (χ2v) is 9.73. The number of halogens is 1. The van der Waals surface area contributed by atoms with Crippen molar-refractivity contribution in [3.8, 4) is 0 Å². The van der Waals surface area contributed by atoms with E-state index in [-0.39, 0.29) is 0 Å². The highest BCUT2D eigenvalue weighted by atomic mass is 127. The molecule has 0 bridgehead atoms. The van der Waals surface area contributed by atoms with Crippen LogP contribution in [0, 0.1) is 14.9 Å². The van der Waals surface area contributed by atoms with Crippen LogP contribution in [0.1, 0.15) is 102 Å². The monoisotopic (exact) mass is 438 g/mol. The molecule has 3 rings (SSSR count). The van der Waals surface area contributed by atoms with Crippen LogP contribution in [0.2, 0.25) is 0 Å². The Labute approximate surface area is 163 Å². The maximum Gasteiger partial charge on any atom is 0.0130 e. The quantitative estimate of drug-likeness (QED) is 0.311. The summed E-state index contributed by atoms with van der Waals surface area (Å²) in [5, 5.41) is 0. The lowest BCUT2D eigenvalue weighted by molar-refractivity contribution is 0.0507. The van der Waals surface area contributed by atoms with E-state index in [1.165, 1.54) is 87.0 Å². The van der Waals surface area contributed by atoms with E-state index >= 15 is 0 Å². The minimum Gasteiger partial charge on any atom is -0.0654 e. The first-order valence-electron chi connectivity index (χ1n) is 10.5. The molecular weight excluding hydrogens is 403 g/mol. The lowest BCUT2D eigenvalue weighted by Gasteiger charge is -2.47. The summed E-state index contributed by atoms with van der Waals surface area (Å²) in [6.45, 7) is 2.35. The summed E-state index contributed by atoms with van der Waals surface area (Å²) >= 11 is 2.42. The molecule has 0 unspecified atom stereocenters. The van der Waals surface area contributed by atoms with Crippen LogP contribution >= 0.6 is 22.6 Å². The van der Waals surface area contributed by atoms with Gasteiger partial charge in [0.1, 0.15) is 0 Å². The molecule has 0 aromatic heterocycles. The van der Waals surface area contributed by atoms with Gasteiger partial charge in [0.05, 0.1) is 0 Å². The molecule has 1 aromatic carbocycles. The third-order valence-electron chi connectivity index (χ3n) is 7.06. The van der Waals surface area contributed by atoms with Gasteiger partial charge in [-0.1, -0.05) is 57.6 Å². The van der Waals surface area contributed by atoms with Gasteiger partial charge in [-0.2, -0.15) is 0 Å². The smallest absolute Gasteiger partial charge is 0.0130 e. The first-order valence-corrected chi connectivity index (χ1v) is 11.6. The van der Waals surface area contributed by atoms with Gasteiger partial charge in [-0.15, -0.1) is 0 Å². The predicted molar refractivity (Wildman–Crippen MR) is 114 cm³/mol. The molecule has 134 valence electrons. The lowest BCUT2D eigenvalue weighted by atomic mass is 9.58. The number of benzene rings is 1. The molecule has 0 heterocycles. The molecule has 2 aliphatic rings. The second kappa shape index (κ2) is 9.05. The van der Waals surface area contributed by atoms with Crippen molar-refractivity contribution < 1.29 is 0 Å². The minimum atomic E-state index is 0.727. The van der Waals surface area contributed by atoms with E-state index in [0.29, 0.717) is 0 Å². The van der Waals surface area contributed by atoms with Gasteiger partial charge in [0.25, 0.3) is 0 Å². The fourth-order valence-corrected chi connectivity index (χ4v) is 5.98. The van der Waals surface area contributed by atoms with Gasteiger partial charge < -0.3 is 0 Å². The predicted octanol–water partition coefficient (Wildman–Crippen LogP) is 8.10. The second-order valence-electron chi connectivity index (χ2n) is 8.48. The zero-order valence-corrected chi connectivity index (χ0v) is 17.7. The average Bonchev–Trinajstić information content (AvgIpc) is 2.64. The molecule has 0 saturated heterocycles. The van der Waals surface area contributed by atoms with E-state index in [0.717, 1.165) is 17.3 Å². The van der Waals surface area contributed by atoms with Crippen molar-refractivity contribution in [3.05, 3.63) is 33.4 Å². The molecule has 0 spiro atoms. The van der Waals surface area contributed by atoms with Gasteiger partial charge in [-0.05, 0) is 102 Å². The van der Waals surface area contributed by atoms with Crippen molar-refractivity contribution in [1.29, 1.82) is 0 Å². The summed E-state index contributed by atoms with van der Waals surface area (Å²) in [6.07, 6.45) is 19.2. The van der Waals surface area contributed by atoms with Gasteiger partial charge in [0, 0.05) is 3.57 Å². The highest BCUT2D eigenvalue weighted by Gasteiger charge is 2.40. The molecule has 0 amide bonds. The van der Waals surface area contributed by atoms with E-state index in [2.05, 4.69) is 53.8 Å². The Morgan fingerprint density at radius 1 is 0.917 bits per heavy atom. The Morgan fingerprint density at radius 3 is 2.21 bits per heavy atom. The summed E-state index contributed by atoms with van der Waals surface area (Å²) in [6, 6.07) is 9.33. The largest absolute Gasteiger partial charge is 0.0654 e. The molecule has 0 aliphatic heterocycles. The first-order chi connectivity index (χ1) is 11.7. The summed E-state index contributed by atoms with van der Waals surface area (Å²) in [5.74, 6) is 1.85. The third kappa shape index (κ3) is 4.56. The van der Waals surface area contributed by atoms with E-state index in [1.54, 1.807) is 5.56 Å². The summed E-state index contributed by atoms with van der Waals surface area (Å²) in [5.41, 5.74) is 2.32. The van der Waals surface area contributed by atoms with Crippen LogP contribution in [0.4, 0.5) is 0 Å². The Morgan fingerprint density at radius 2 is 1.58 bits per heavy atom. The summed E-state index contributed by atoms with van der Waals surface area (Å²) < 4.78 is 1.36. The van der Waals surface area contributed by atoms with Gasteiger partial charge in [-0.3, -0.25) is 0 Å². The van der Waals surface area contributed by atoms with Crippen molar-refractivity contribution in [1.82, 2.24) is 0 Å². The van der Waals surface area contributed by atoms with E-state index in [4.69, 9.17) is 0 Å². The number of unbranched alkanes of at least 4 members (excludes halogenated alkanes) is 2. The van der Waals surface area contributed by atoms with Gasteiger partial charge in [-0.25, -0.2) is 0 Å². The molecule has 1 heteroatoms. The number of hydrogen-bond donors (Lipinski definition) is 0. The van der Waals surface area contributed by atoms with Gasteiger partial charge >= 0.3 is 0 Å².